The van der Waals surface area contributed by atoms with Crippen molar-refractivity contribution in [3.8, 4) is 11.3 Å². The predicted molar refractivity (Wildman–Crippen MR) is 60.9 cm³/mol. The van der Waals surface area contributed by atoms with Crippen LogP contribution in [0.4, 0.5) is 0 Å². The lowest BCUT2D eigenvalue weighted by atomic mass is 9.91. The van der Waals surface area contributed by atoms with Crippen LogP contribution in [0.5, 0.6) is 0 Å². The Morgan fingerprint density at radius 1 is 1.13 bits per heavy atom. The van der Waals surface area contributed by atoms with E-state index < -0.39 is 0 Å². The summed E-state index contributed by atoms with van der Waals surface area (Å²) in [6.07, 6.45) is 3.25. The summed E-state index contributed by atoms with van der Waals surface area (Å²) in [6, 6.07) is 10.8. The van der Waals surface area contributed by atoms with Gasteiger partial charge in [0.2, 0.25) is 0 Å². The molecule has 0 saturated heterocycles. The van der Waals surface area contributed by atoms with Gasteiger partial charge in [0, 0.05) is 12.0 Å². The minimum Gasteiger partial charge on any atom is -0.461 e. The summed E-state index contributed by atoms with van der Waals surface area (Å²) in [5, 5.41) is 0. The first kappa shape index (κ1) is 8.78. The second-order valence-electron chi connectivity index (χ2n) is 4.08. The quantitative estimate of drug-likeness (QED) is 0.682. The van der Waals surface area contributed by atoms with Crippen molar-refractivity contribution >= 4 is 0 Å². The lowest BCUT2D eigenvalue weighted by Crippen LogP contribution is -2.00. The maximum atomic E-state index is 5.88. The third kappa shape index (κ3) is 1.30. The monoisotopic (exact) mass is 198 g/mol. The molecule has 0 bridgehead atoms. The zero-order chi connectivity index (χ0) is 10.3. The molecule has 1 heteroatoms. The number of hydrogen-bond donors (Lipinski definition) is 0. The number of aryl methyl sites for hydroxylation is 3. The third-order valence-corrected chi connectivity index (χ3v) is 3.13. The van der Waals surface area contributed by atoms with Gasteiger partial charge < -0.3 is 4.42 Å². The Morgan fingerprint density at radius 3 is 2.80 bits per heavy atom. The molecular weight excluding hydrogens is 184 g/mol. The van der Waals surface area contributed by atoms with E-state index in [1.54, 1.807) is 0 Å². The highest BCUT2D eigenvalue weighted by Crippen LogP contribution is 2.35. The van der Waals surface area contributed by atoms with Gasteiger partial charge in [0.25, 0.3) is 0 Å². The van der Waals surface area contributed by atoms with Gasteiger partial charge in [0.05, 0.1) is 0 Å². The van der Waals surface area contributed by atoms with E-state index in [2.05, 4.69) is 37.3 Å². The van der Waals surface area contributed by atoms with Gasteiger partial charge in [-0.1, -0.05) is 31.2 Å². The molecule has 0 atom stereocenters. The Bertz CT molecular complexity index is 494. The predicted octanol–water partition coefficient (Wildman–Crippen LogP) is 3.61. The van der Waals surface area contributed by atoms with Gasteiger partial charge in [-0.2, -0.15) is 0 Å². The minimum atomic E-state index is 0.981. The van der Waals surface area contributed by atoms with Crippen molar-refractivity contribution in [3.63, 3.8) is 0 Å². The molecule has 3 rings (SSSR count). The van der Waals surface area contributed by atoms with E-state index in [9.17, 15) is 0 Å². The van der Waals surface area contributed by atoms with E-state index in [-0.39, 0.29) is 0 Å². The van der Waals surface area contributed by atoms with Crippen LogP contribution in [0.2, 0.25) is 0 Å². The molecule has 76 valence electrons. The van der Waals surface area contributed by atoms with Gasteiger partial charge >= 0.3 is 0 Å². The van der Waals surface area contributed by atoms with Gasteiger partial charge in [-0.05, 0) is 30.0 Å². The average Bonchev–Trinajstić information content (AvgIpc) is 2.72. The smallest absolute Gasteiger partial charge is 0.137 e. The van der Waals surface area contributed by atoms with E-state index in [1.165, 1.54) is 16.7 Å². The van der Waals surface area contributed by atoms with E-state index in [4.69, 9.17) is 4.42 Å². The number of rotatable bonds is 1. The Hall–Kier alpha value is -1.50. The van der Waals surface area contributed by atoms with Crippen molar-refractivity contribution < 1.29 is 4.42 Å². The fourth-order valence-electron chi connectivity index (χ4n) is 2.30. The van der Waals surface area contributed by atoms with Crippen LogP contribution in [0.25, 0.3) is 11.3 Å². The molecule has 0 spiro atoms. The molecule has 0 amide bonds. The van der Waals surface area contributed by atoms with Gasteiger partial charge in [-0.25, -0.2) is 0 Å². The number of hydrogen-bond acceptors (Lipinski definition) is 1. The van der Waals surface area contributed by atoms with Crippen LogP contribution in [-0.2, 0) is 19.3 Å². The Morgan fingerprint density at radius 2 is 1.93 bits per heavy atom. The van der Waals surface area contributed by atoms with Crippen molar-refractivity contribution in [3.05, 3.63) is 47.2 Å². The van der Waals surface area contributed by atoms with Crippen molar-refractivity contribution in [2.24, 2.45) is 0 Å². The maximum Gasteiger partial charge on any atom is 0.137 e. The lowest BCUT2D eigenvalue weighted by Gasteiger charge is -2.13. The maximum absolute atomic E-state index is 5.88. The third-order valence-electron chi connectivity index (χ3n) is 3.13. The van der Waals surface area contributed by atoms with Crippen LogP contribution >= 0.6 is 0 Å². The van der Waals surface area contributed by atoms with E-state index in [0.29, 0.717) is 0 Å². The van der Waals surface area contributed by atoms with Crippen molar-refractivity contribution in [2.45, 2.75) is 26.2 Å². The van der Waals surface area contributed by atoms with Crippen LogP contribution in [0, 0.1) is 0 Å². The van der Waals surface area contributed by atoms with Gasteiger partial charge in [-0.15, -0.1) is 0 Å². The second-order valence-corrected chi connectivity index (χ2v) is 4.08. The largest absolute Gasteiger partial charge is 0.461 e. The second kappa shape index (κ2) is 3.27. The van der Waals surface area contributed by atoms with Crippen LogP contribution < -0.4 is 0 Å². The summed E-state index contributed by atoms with van der Waals surface area (Å²) in [5.74, 6) is 2.21. The van der Waals surface area contributed by atoms with Crippen molar-refractivity contribution in [1.29, 1.82) is 0 Å². The molecule has 0 unspecified atom stereocenters. The highest BCUT2D eigenvalue weighted by atomic mass is 16.3. The highest BCUT2D eigenvalue weighted by Gasteiger charge is 2.19. The first-order chi connectivity index (χ1) is 7.38. The molecule has 0 fully saturated rings. The van der Waals surface area contributed by atoms with Crippen LogP contribution in [0.1, 0.15) is 23.8 Å². The molecule has 1 aromatic heterocycles. The number of benzene rings is 1. The van der Waals surface area contributed by atoms with Crippen LogP contribution in [-0.4, -0.2) is 0 Å². The molecule has 0 aliphatic heterocycles. The first-order valence-corrected chi connectivity index (χ1v) is 5.58. The van der Waals surface area contributed by atoms with E-state index in [0.717, 1.165) is 30.8 Å². The zero-order valence-corrected chi connectivity index (χ0v) is 8.92. The Labute approximate surface area is 89.7 Å². The molecule has 1 heterocycles. The molecular formula is C14H14O. The van der Waals surface area contributed by atoms with E-state index in [1.807, 2.05) is 0 Å². The molecule has 0 saturated carbocycles. The summed E-state index contributed by atoms with van der Waals surface area (Å²) < 4.78 is 5.88. The molecule has 1 nitrogen and oxygen atoms in total. The SMILES string of the molecule is CCc1cc2c(o1)-c1ccccc1CC2. The number of fused-ring (bicyclic) bond motifs is 3. The lowest BCUT2D eigenvalue weighted by molar-refractivity contribution is 0.525. The first-order valence-electron chi connectivity index (χ1n) is 5.58. The summed E-state index contributed by atoms with van der Waals surface area (Å²) in [4.78, 5) is 0. The standard InChI is InChI=1S/C14H14O/c1-2-12-9-11-8-7-10-5-3-4-6-13(10)14(11)15-12/h3-6,9H,2,7-8H2,1H3. The van der Waals surface area contributed by atoms with E-state index >= 15 is 0 Å². The van der Waals surface area contributed by atoms with Crippen LogP contribution in [0.3, 0.4) is 0 Å². The molecule has 1 aromatic carbocycles. The van der Waals surface area contributed by atoms with Gasteiger partial charge in [0.15, 0.2) is 0 Å². The fraction of sp³-hybridized carbons (Fsp3) is 0.286. The average molecular weight is 198 g/mol. The fourth-order valence-corrected chi connectivity index (χ4v) is 2.30. The normalized spacial score (nSPS) is 13.4. The Kier molecular flexibility index (Phi) is 1.91. The topological polar surface area (TPSA) is 13.1 Å². The highest BCUT2D eigenvalue weighted by molar-refractivity contribution is 5.68. The molecule has 1 aliphatic rings. The summed E-state index contributed by atoms with van der Waals surface area (Å²) >= 11 is 0. The zero-order valence-electron chi connectivity index (χ0n) is 8.92. The Balaban J connectivity index is 2.20. The summed E-state index contributed by atoms with van der Waals surface area (Å²) in [7, 11) is 0. The van der Waals surface area contributed by atoms with Gasteiger partial charge in [0.1, 0.15) is 11.5 Å². The minimum absolute atomic E-state index is 0.981. The molecule has 1 aliphatic carbocycles. The van der Waals surface area contributed by atoms with Crippen LogP contribution in [0.15, 0.2) is 34.7 Å². The molecule has 15 heavy (non-hydrogen) atoms. The molecule has 2 aromatic rings. The van der Waals surface area contributed by atoms with Gasteiger partial charge in [-0.3, -0.25) is 0 Å². The summed E-state index contributed by atoms with van der Waals surface area (Å²) in [6.45, 7) is 2.14. The molecule has 0 N–H and O–H groups in total. The molecule has 0 radical (unpaired) electrons. The van der Waals surface area contributed by atoms with Crippen molar-refractivity contribution in [1.82, 2.24) is 0 Å². The summed E-state index contributed by atoms with van der Waals surface area (Å²) in [5.41, 5.74) is 4.09. The van der Waals surface area contributed by atoms with Crippen molar-refractivity contribution in [2.75, 3.05) is 0 Å². The number of furan rings is 1.